The summed E-state index contributed by atoms with van der Waals surface area (Å²) in [7, 11) is 0. The van der Waals surface area contributed by atoms with Crippen molar-refractivity contribution >= 4 is 0 Å². The highest BCUT2D eigenvalue weighted by molar-refractivity contribution is 5.32. The second-order valence-electron chi connectivity index (χ2n) is 5.80. The standard InChI is InChI=1S/C16H16FNO2/c1-10-4-5-16(8-18)7-12(10)15(20-9-16)11-2-3-14(19)13(17)6-11/h2-4,6,12,15,19H,5,7,9H2,1H3. The van der Waals surface area contributed by atoms with Crippen LogP contribution in [-0.4, -0.2) is 11.7 Å². The van der Waals surface area contributed by atoms with E-state index in [2.05, 4.69) is 12.1 Å². The molecule has 2 bridgehead atoms. The number of phenolic OH excluding ortho intramolecular Hbond substituents is 1. The zero-order valence-electron chi connectivity index (χ0n) is 11.3. The molecule has 1 N–H and O–H groups in total. The summed E-state index contributed by atoms with van der Waals surface area (Å²) >= 11 is 0. The summed E-state index contributed by atoms with van der Waals surface area (Å²) in [5, 5.41) is 18.6. The Labute approximate surface area is 117 Å². The minimum Gasteiger partial charge on any atom is -0.505 e. The van der Waals surface area contributed by atoms with Crippen molar-refractivity contribution < 1.29 is 14.2 Å². The van der Waals surface area contributed by atoms with E-state index in [4.69, 9.17) is 4.74 Å². The first kappa shape index (κ1) is 13.1. The summed E-state index contributed by atoms with van der Waals surface area (Å²) in [6, 6.07) is 6.73. The highest BCUT2D eigenvalue weighted by Gasteiger charge is 2.45. The molecule has 0 amide bonds. The Hall–Kier alpha value is -1.86. The summed E-state index contributed by atoms with van der Waals surface area (Å²) in [5.74, 6) is -0.895. The van der Waals surface area contributed by atoms with Crippen LogP contribution in [-0.2, 0) is 4.74 Å². The number of fused-ring (bicyclic) bond motifs is 2. The number of hydrogen-bond acceptors (Lipinski definition) is 3. The first-order chi connectivity index (χ1) is 9.54. The largest absolute Gasteiger partial charge is 0.505 e. The maximum atomic E-state index is 13.5. The number of nitriles is 1. The Kier molecular flexibility index (Phi) is 3.02. The lowest BCUT2D eigenvalue weighted by Gasteiger charge is -2.44. The van der Waals surface area contributed by atoms with Gasteiger partial charge in [0.1, 0.15) is 0 Å². The van der Waals surface area contributed by atoms with Crippen molar-refractivity contribution in [2.24, 2.45) is 11.3 Å². The molecule has 1 aliphatic carbocycles. The van der Waals surface area contributed by atoms with Crippen LogP contribution < -0.4 is 0 Å². The number of halogens is 1. The molecular weight excluding hydrogens is 257 g/mol. The minimum absolute atomic E-state index is 0.0982. The molecule has 3 nitrogen and oxygen atoms in total. The predicted molar refractivity (Wildman–Crippen MR) is 71.3 cm³/mol. The van der Waals surface area contributed by atoms with Crippen LogP contribution in [0.25, 0.3) is 0 Å². The van der Waals surface area contributed by atoms with E-state index in [-0.39, 0.29) is 17.8 Å². The number of phenols is 1. The molecule has 3 rings (SSSR count). The fraction of sp³-hybridized carbons (Fsp3) is 0.438. The van der Waals surface area contributed by atoms with Gasteiger partial charge in [0.05, 0.1) is 24.2 Å². The van der Waals surface area contributed by atoms with E-state index in [0.29, 0.717) is 12.2 Å². The molecule has 2 aliphatic rings. The first-order valence-corrected chi connectivity index (χ1v) is 6.73. The average molecular weight is 273 g/mol. The van der Waals surface area contributed by atoms with Gasteiger partial charge in [-0.15, -0.1) is 0 Å². The highest BCUT2D eigenvalue weighted by Crippen LogP contribution is 2.50. The third-order valence-corrected chi connectivity index (χ3v) is 4.45. The number of hydrogen-bond donors (Lipinski definition) is 1. The van der Waals surface area contributed by atoms with Gasteiger partial charge in [-0.2, -0.15) is 5.26 Å². The monoisotopic (exact) mass is 273 g/mol. The second kappa shape index (κ2) is 4.60. The Balaban J connectivity index is 1.96. The van der Waals surface area contributed by atoms with Gasteiger partial charge in [0.15, 0.2) is 11.6 Å². The van der Waals surface area contributed by atoms with E-state index in [9.17, 15) is 14.8 Å². The molecule has 0 aromatic heterocycles. The molecule has 4 heteroatoms. The quantitative estimate of drug-likeness (QED) is 0.797. The van der Waals surface area contributed by atoms with Gasteiger partial charge in [-0.05, 0) is 37.5 Å². The molecule has 1 saturated heterocycles. The third-order valence-electron chi connectivity index (χ3n) is 4.45. The van der Waals surface area contributed by atoms with Crippen molar-refractivity contribution in [3.05, 3.63) is 41.2 Å². The van der Waals surface area contributed by atoms with Gasteiger partial charge in [-0.1, -0.05) is 17.7 Å². The maximum absolute atomic E-state index is 13.5. The van der Waals surface area contributed by atoms with E-state index < -0.39 is 11.2 Å². The van der Waals surface area contributed by atoms with Crippen LogP contribution >= 0.6 is 0 Å². The second-order valence-corrected chi connectivity index (χ2v) is 5.80. The number of ether oxygens (including phenoxy) is 1. The topological polar surface area (TPSA) is 53.2 Å². The van der Waals surface area contributed by atoms with Crippen LogP contribution in [0.4, 0.5) is 4.39 Å². The summed E-state index contributed by atoms with van der Waals surface area (Å²) in [5.41, 5.74) is 1.47. The number of benzene rings is 1. The summed E-state index contributed by atoms with van der Waals surface area (Å²) in [6.07, 6.45) is 3.33. The molecule has 1 aliphatic heterocycles. The predicted octanol–water partition coefficient (Wildman–Crippen LogP) is 3.47. The van der Waals surface area contributed by atoms with E-state index in [1.165, 1.54) is 17.7 Å². The van der Waals surface area contributed by atoms with E-state index in [0.717, 1.165) is 12.8 Å². The molecule has 3 unspecified atom stereocenters. The van der Waals surface area contributed by atoms with Gasteiger partial charge in [0, 0.05) is 5.92 Å². The van der Waals surface area contributed by atoms with Crippen LogP contribution in [0.1, 0.15) is 31.4 Å². The normalized spacial score (nSPS) is 32.4. The van der Waals surface area contributed by atoms with Crippen molar-refractivity contribution in [2.75, 3.05) is 6.61 Å². The van der Waals surface area contributed by atoms with Crippen LogP contribution in [0.2, 0.25) is 0 Å². The zero-order chi connectivity index (χ0) is 14.3. The first-order valence-electron chi connectivity index (χ1n) is 6.73. The fourth-order valence-corrected chi connectivity index (χ4v) is 3.15. The average Bonchev–Trinajstić information content (AvgIpc) is 2.47. The lowest BCUT2D eigenvalue weighted by Crippen LogP contribution is -2.40. The number of nitrogens with zero attached hydrogens (tertiary/aromatic N) is 1. The van der Waals surface area contributed by atoms with Crippen LogP contribution in [0, 0.1) is 28.5 Å². The maximum Gasteiger partial charge on any atom is 0.165 e. The SMILES string of the molecule is CC1=CCC2(C#N)COC(c3ccc(O)c(F)c3)C1C2. The Morgan fingerprint density at radius 2 is 2.30 bits per heavy atom. The number of rotatable bonds is 1. The molecular formula is C16H16FNO2. The van der Waals surface area contributed by atoms with Crippen molar-refractivity contribution in [1.82, 2.24) is 0 Å². The van der Waals surface area contributed by atoms with Crippen molar-refractivity contribution in [3.8, 4) is 11.8 Å². The molecule has 3 atom stereocenters. The van der Waals surface area contributed by atoms with E-state index >= 15 is 0 Å². The fourth-order valence-electron chi connectivity index (χ4n) is 3.15. The van der Waals surface area contributed by atoms with Crippen LogP contribution in [0.5, 0.6) is 5.75 Å². The van der Waals surface area contributed by atoms with Crippen molar-refractivity contribution in [1.29, 1.82) is 5.26 Å². The van der Waals surface area contributed by atoms with E-state index in [1.807, 2.05) is 6.92 Å². The smallest absolute Gasteiger partial charge is 0.165 e. The molecule has 1 heterocycles. The summed E-state index contributed by atoms with van der Waals surface area (Å²) < 4.78 is 19.4. The lowest BCUT2D eigenvalue weighted by atomic mass is 9.67. The van der Waals surface area contributed by atoms with Crippen LogP contribution in [0.3, 0.4) is 0 Å². The summed E-state index contributed by atoms with van der Waals surface area (Å²) in [6.45, 7) is 2.40. The van der Waals surface area contributed by atoms with Gasteiger partial charge < -0.3 is 9.84 Å². The highest BCUT2D eigenvalue weighted by atomic mass is 19.1. The third kappa shape index (κ3) is 1.99. The van der Waals surface area contributed by atoms with Crippen molar-refractivity contribution in [2.45, 2.75) is 25.9 Å². The molecule has 0 saturated carbocycles. The van der Waals surface area contributed by atoms with Gasteiger partial charge in [0.25, 0.3) is 0 Å². The molecule has 1 aromatic carbocycles. The lowest BCUT2D eigenvalue weighted by molar-refractivity contribution is -0.0757. The van der Waals surface area contributed by atoms with Gasteiger partial charge in [-0.25, -0.2) is 4.39 Å². The minimum atomic E-state index is -0.638. The number of allylic oxidation sites excluding steroid dienone is 1. The molecule has 20 heavy (non-hydrogen) atoms. The molecule has 0 radical (unpaired) electrons. The number of aromatic hydroxyl groups is 1. The van der Waals surface area contributed by atoms with Gasteiger partial charge in [-0.3, -0.25) is 0 Å². The van der Waals surface area contributed by atoms with Crippen molar-refractivity contribution in [3.63, 3.8) is 0 Å². The van der Waals surface area contributed by atoms with E-state index in [1.54, 1.807) is 6.07 Å². The summed E-state index contributed by atoms with van der Waals surface area (Å²) in [4.78, 5) is 0. The Morgan fingerprint density at radius 3 is 3.00 bits per heavy atom. The van der Waals surface area contributed by atoms with Gasteiger partial charge in [0.2, 0.25) is 0 Å². The Bertz CT molecular complexity index is 619. The molecule has 1 aromatic rings. The van der Waals surface area contributed by atoms with Crippen LogP contribution in [0.15, 0.2) is 29.8 Å². The Morgan fingerprint density at radius 1 is 1.50 bits per heavy atom. The van der Waals surface area contributed by atoms with Gasteiger partial charge >= 0.3 is 0 Å². The molecule has 104 valence electrons. The molecule has 1 fully saturated rings. The zero-order valence-corrected chi connectivity index (χ0v) is 11.3. The molecule has 0 spiro atoms.